The van der Waals surface area contributed by atoms with Gasteiger partial charge in [-0.3, -0.25) is 10.2 Å². The quantitative estimate of drug-likeness (QED) is 0.641. The van der Waals surface area contributed by atoms with Crippen molar-refractivity contribution in [2.75, 3.05) is 17.0 Å². The van der Waals surface area contributed by atoms with Crippen molar-refractivity contribution in [1.29, 1.82) is 0 Å². The molecule has 0 aliphatic carbocycles. The summed E-state index contributed by atoms with van der Waals surface area (Å²) in [6, 6.07) is 2.96. The lowest BCUT2D eigenvalue weighted by Gasteiger charge is -2.25. The van der Waals surface area contributed by atoms with Gasteiger partial charge in [0.2, 0.25) is 0 Å². The van der Waals surface area contributed by atoms with E-state index in [1.807, 2.05) is 0 Å². The molecule has 1 fully saturated rings. The van der Waals surface area contributed by atoms with E-state index >= 15 is 0 Å². The van der Waals surface area contributed by atoms with Crippen molar-refractivity contribution in [1.82, 2.24) is 15.0 Å². The van der Waals surface area contributed by atoms with Gasteiger partial charge in [0.15, 0.2) is 17.7 Å². The minimum atomic E-state index is -0.750. The number of aromatic nitrogens is 3. The maximum atomic E-state index is 11.5. The van der Waals surface area contributed by atoms with Gasteiger partial charge in [-0.2, -0.15) is 4.98 Å². The lowest BCUT2D eigenvalue weighted by molar-refractivity contribution is -0.0211. The molecule has 2 aromatic heterocycles. The van der Waals surface area contributed by atoms with E-state index in [1.165, 1.54) is 12.4 Å². The van der Waals surface area contributed by atoms with E-state index in [0.717, 1.165) is 0 Å². The number of aliphatic hydroxyl groups is 2. The van der Waals surface area contributed by atoms with Crippen molar-refractivity contribution in [3.8, 4) is 0 Å². The zero-order valence-corrected chi connectivity index (χ0v) is 11.4. The number of anilines is 2. The van der Waals surface area contributed by atoms with Crippen LogP contribution >= 0.6 is 0 Å². The molecule has 2 aromatic rings. The number of ether oxygens (including phenoxy) is 1. The predicted octanol–water partition coefficient (Wildman–Crippen LogP) is -1.000. The number of nitrogens with zero attached hydrogens (tertiary/aromatic N) is 4. The smallest absolute Gasteiger partial charge is 0.271 e. The predicted molar refractivity (Wildman–Crippen MR) is 76.1 cm³/mol. The summed E-state index contributed by atoms with van der Waals surface area (Å²) in [7, 11) is 0. The Bertz CT molecular complexity index is 801. The van der Waals surface area contributed by atoms with E-state index in [4.69, 9.17) is 4.74 Å². The van der Waals surface area contributed by atoms with E-state index in [9.17, 15) is 15.0 Å². The van der Waals surface area contributed by atoms with Crippen molar-refractivity contribution in [3.63, 3.8) is 0 Å². The summed E-state index contributed by atoms with van der Waals surface area (Å²) in [6.07, 6.45) is -0.224. The maximum absolute atomic E-state index is 11.5. The van der Waals surface area contributed by atoms with Gasteiger partial charge >= 0.3 is 0 Å². The van der Waals surface area contributed by atoms with Crippen LogP contribution in [-0.2, 0) is 4.74 Å². The largest absolute Gasteiger partial charge is 0.394 e. The standard InChI is InChI=1S/C13H13N5O4/c19-4-8-7(20)3-10(22-8)18-13-11-6(17-18)1-2-9(21)16-12(11)14-5-15-13/h1-2,5,7-8,10,17,19-20H,3-4H2/t7-,8+,10+/m0/s1. The van der Waals surface area contributed by atoms with Crippen LogP contribution in [0.2, 0.25) is 0 Å². The molecule has 3 atom stereocenters. The number of hydrogen-bond acceptors (Lipinski definition) is 9. The monoisotopic (exact) mass is 303 g/mol. The van der Waals surface area contributed by atoms with Gasteiger partial charge in [-0.15, -0.1) is 0 Å². The first-order chi connectivity index (χ1) is 10.7. The molecule has 0 amide bonds. The third kappa shape index (κ3) is 1.90. The highest BCUT2D eigenvalue weighted by Gasteiger charge is 2.40. The van der Waals surface area contributed by atoms with Crippen LogP contribution in [0.15, 0.2) is 23.3 Å². The molecular formula is C13H13N5O4. The summed E-state index contributed by atoms with van der Waals surface area (Å²) >= 11 is 0. The summed E-state index contributed by atoms with van der Waals surface area (Å²) in [5.41, 5.74) is 3.65. The SMILES string of the molecule is O=c1ccc2c3c(ncnc3n1)N([C@H]1C[C@H](O)[C@@H](CO)O1)N2. The molecule has 0 saturated carbocycles. The van der Waals surface area contributed by atoms with Gasteiger partial charge in [0.05, 0.1) is 23.8 Å². The van der Waals surface area contributed by atoms with Gasteiger partial charge in [-0.1, -0.05) is 0 Å². The molecule has 0 bridgehead atoms. The van der Waals surface area contributed by atoms with Gasteiger partial charge in [0.25, 0.3) is 5.56 Å². The molecule has 2 aliphatic heterocycles. The number of aliphatic hydroxyl groups excluding tert-OH is 2. The summed E-state index contributed by atoms with van der Waals surface area (Å²) in [6.45, 7) is -0.256. The molecule has 0 spiro atoms. The van der Waals surface area contributed by atoms with Crippen LogP contribution in [0.1, 0.15) is 6.42 Å². The number of hydrogen-bond donors (Lipinski definition) is 3. The first-order valence-electron chi connectivity index (χ1n) is 6.83. The second-order valence-electron chi connectivity index (χ2n) is 5.19. The second kappa shape index (κ2) is 4.83. The first-order valence-corrected chi connectivity index (χ1v) is 6.83. The average Bonchev–Trinajstić information content (AvgIpc) is 3.01. The zero-order valence-electron chi connectivity index (χ0n) is 11.4. The van der Waals surface area contributed by atoms with Crippen molar-refractivity contribution < 1.29 is 14.9 Å². The van der Waals surface area contributed by atoms with Gasteiger partial charge in [-0.05, 0) is 6.07 Å². The third-order valence-corrected chi connectivity index (χ3v) is 3.83. The van der Waals surface area contributed by atoms with E-state index in [-0.39, 0.29) is 12.2 Å². The Morgan fingerprint density at radius 1 is 1.41 bits per heavy atom. The minimum Gasteiger partial charge on any atom is -0.394 e. The Balaban J connectivity index is 1.79. The molecule has 2 aliphatic rings. The topological polar surface area (TPSA) is 121 Å². The van der Waals surface area contributed by atoms with Crippen LogP contribution in [0.25, 0.3) is 11.0 Å². The average molecular weight is 303 g/mol. The van der Waals surface area contributed by atoms with Crippen LogP contribution in [0, 0.1) is 0 Å². The molecule has 0 unspecified atom stereocenters. The number of rotatable bonds is 2. The zero-order chi connectivity index (χ0) is 15.3. The fraction of sp³-hybridized carbons (Fsp3) is 0.385. The molecule has 9 nitrogen and oxygen atoms in total. The molecular weight excluding hydrogens is 290 g/mol. The molecule has 9 heteroatoms. The molecule has 0 radical (unpaired) electrons. The van der Waals surface area contributed by atoms with Crippen molar-refractivity contribution in [2.24, 2.45) is 0 Å². The van der Waals surface area contributed by atoms with Crippen molar-refractivity contribution >= 4 is 22.5 Å². The Hall–Kier alpha value is -2.36. The van der Waals surface area contributed by atoms with Gasteiger partial charge in [-0.25, -0.2) is 15.0 Å². The van der Waals surface area contributed by atoms with Gasteiger partial charge < -0.3 is 14.9 Å². The van der Waals surface area contributed by atoms with Gasteiger partial charge in [0, 0.05) is 12.5 Å². The summed E-state index contributed by atoms with van der Waals surface area (Å²) in [5, 5.41) is 21.4. The van der Waals surface area contributed by atoms with Crippen LogP contribution in [0.3, 0.4) is 0 Å². The number of nitrogens with one attached hydrogen (secondary N) is 1. The minimum absolute atomic E-state index is 0.256. The van der Waals surface area contributed by atoms with E-state index < -0.39 is 18.4 Å². The molecule has 22 heavy (non-hydrogen) atoms. The molecule has 4 rings (SSSR count). The van der Waals surface area contributed by atoms with Crippen molar-refractivity contribution in [2.45, 2.75) is 24.9 Å². The van der Waals surface area contributed by atoms with Crippen LogP contribution in [0.5, 0.6) is 0 Å². The molecule has 3 N–H and O–H groups in total. The summed E-state index contributed by atoms with van der Waals surface area (Å²) in [4.78, 5) is 23.7. The highest BCUT2D eigenvalue weighted by molar-refractivity contribution is 6.01. The van der Waals surface area contributed by atoms with Crippen LogP contribution < -0.4 is 16.0 Å². The Morgan fingerprint density at radius 2 is 2.27 bits per heavy atom. The van der Waals surface area contributed by atoms with E-state index in [0.29, 0.717) is 29.0 Å². The lowest BCUT2D eigenvalue weighted by atomic mass is 10.2. The lowest BCUT2D eigenvalue weighted by Crippen LogP contribution is -2.38. The molecule has 1 saturated heterocycles. The Labute approximate surface area is 124 Å². The second-order valence-corrected chi connectivity index (χ2v) is 5.19. The maximum Gasteiger partial charge on any atom is 0.271 e. The van der Waals surface area contributed by atoms with Crippen molar-refractivity contribution in [3.05, 3.63) is 28.8 Å². The van der Waals surface area contributed by atoms with E-state index in [1.54, 1.807) is 11.1 Å². The highest BCUT2D eigenvalue weighted by atomic mass is 16.5. The Morgan fingerprint density at radius 3 is 3.05 bits per heavy atom. The molecule has 114 valence electrons. The third-order valence-electron chi connectivity index (χ3n) is 3.83. The fourth-order valence-corrected chi connectivity index (χ4v) is 2.78. The number of hydrazine groups is 1. The fourth-order valence-electron chi connectivity index (χ4n) is 2.78. The summed E-state index contributed by atoms with van der Waals surface area (Å²) < 4.78 is 5.64. The Kier molecular flexibility index (Phi) is 2.93. The molecule has 0 aromatic carbocycles. The highest BCUT2D eigenvalue weighted by Crippen LogP contribution is 2.38. The van der Waals surface area contributed by atoms with Crippen LogP contribution in [-0.4, -0.2) is 50.2 Å². The summed E-state index contributed by atoms with van der Waals surface area (Å²) in [5.74, 6) is 0.527. The van der Waals surface area contributed by atoms with Crippen LogP contribution in [0.4, 0.5) is 11.5 Å². The molecule has 4 heterocycles. The van der Waals surface area contributed by atoms with Gasteiger partial charge in [0.1, 0.15) is 12.4 Å². The normalized spacial score (nSPS) is 26.5. The van der Waals surface area contributed by atoms with E-state index in [2.05, 4.69) is 20.4 Å². The first kappa shape index (κ1) is 13.3.